The molecule has 4 nitrogen and oxygen atoms in total. The summed E-state index contributed by atoms with van der Waals surface area (Å²) in [5.74, 6) is 0.419. The molecule has 5 heteroatoms. The SMILES string of the molecule is Cc1ccc(-c2ncco2)cc1-c1ccc(NC(=O)/C=C/c2cccc(Br)c2)cc1. The second-order valence-electron chi connectivity index (χ2n) is 6.82. The van der Waals surface area contributed by atoms with Crippen LogP contribution in [0.3, 0.4) is 0 Å². The molecule has 3 aromatic carbocycles. The molecule has 0 fully saturated rings. The fourth-order valence-corrected chi connectivity index (χ4v) is 3.55. The van der Waals surface area contributed by atoms with Gasteiger partial charge in [-0.05, 0) is 71.7 Å². The van der Waals surface area contributed by atoms with E-state index in [0.717, 1.165) is 38.0 Å². The number of benzene rings is 3. The quantitative estimate of drug-likeness (QED) is 0.337. The Kier molecular flexibility index (Phi) is 5.91. The fourth-order valence-electron chi connectivity index (χ4n) is 3.13. The van der Waals surface area contributed by atoms with Crippen LogP contribution in [0.2, 0.25) is 0 Å². The van der Waals surface area contributed by atoms with Gasteiger partial charge in [0.15, 0.2) is 0 Å². The van der Waals surface area contributed by atoms with Crippen molar-refractivity contribution in [3.8, 4) is 22.6 Å². The third kappa shape index (κ3) is 4.75. The number of aromatic nitrogens is 1. The maximum absolute atomic E-state index is 12.2. The van der Waals surface area contributed by atoms with E-state index in [0.29, 0.717) is 5.89 Å². The topological polar surface area (TPSA) is 55.1 Å². The standard InChI is InChI=1S/C25H19BrN2O2/c1-17-5-7-20(25-27-13-14-30-25)16-23(17)19-8-10-22(11-9-19)28-24(29)12-6-18-3-2-4-21(26)15-18/h2-16H,1H3,(H,28,29)/b12-6+. The summed E-state index contributed by atoms with van der Waals surface area (Å²) in [6.07, 6.45) is 6.51. The lowest BCUT2D eigenvalue weighted by Crippen LogP contribution is -2.07. The van der Waals surface area contributed by atoms with Crippen LogP contribution in [0, 0.1) is 6.92 Å². The first-order chi connectivity index (χ1) is 14.6. The van der Waals surface area contributed by atoms with Gasteiger partial charge in [0.25, 0.3) is 0 Å². The third-order valence-electron chi connectivity index (χ3n) is 4.66. The number of hydrogen-bond acceptors (Lipinski definition) is 3. The van der Waals surface area contributed by atoms with Crippen molar-refractivity contribution in [3.05, 3.63) is 101 Å². The van der Waals surface area contributed by atoms with E-state index >= 15 is 0 Å². The molecule has 0 aliphatic rings. The molecule has 0 saturated carbocycles. The molecule has 0 radical (unpaired) electrons. The zero-order chi connectivity index (χ0) is 20.9. The minimum atomic E-state index is -0.176. The van der Waals surface area contributed by atoms with Gasteiger partial charge in [-0.25, -0.2) is 4.98 Å². The summed E-state index contributed by atoms with van der Waals surface area (Å²) in [5, 5.41) is 2.89. The van der Waals surface area contributed by atoms with Crippen molar-refractivity contribution in [1.82, 2.24) is 4.98 Å². The van der Waals surface area contributed by atoms with Crippen LogP contribution in [0.4, 0.5) is 5.69 Å². The largest absolute Gasteiger partial charge is 0.445 e. The molecule has 0 bridgehead atoms. The van der Waals surface area contributed by atoms with Gasteiger partial charge in [-0.15, -0.1) is 0 Å². The zero-order valence-corrected chi connectivity index (χ0v) is 17.9. The molecule has 0 unspecified atom stereocenters. The molecule has 1 N–H and O–H groups in total. The molecule has 0 aliphatic heterocycles. The van der Waals surface area contributed by atoms with Crippen LogP contribution in [0.25, 0.3) is 28.7 Å². The predicted octanol–water partition coefficient (Wildman–Crippen LogP) is 6.73. The minimum Gasteiger partial charge on any atom is -0.445 e. The lowest BCUT2D eigenvalue weighted by atomic mass is 9.98. The van der Waals surface area contributed by atoms with Crippen LogP contribution >= 0.6 is 15.9 Å². The number of carbonyl (C=O) groups is 1. The molecule has 0 saturated heterocycles. The van der Waals surface area contributed by atoms with Crippen molar-refractivity contribution < 1.29 is 9.21 Å². The first-order valence-electron chi connectivity index (χ1n) is 9.44. The number of rotatable bonds is 5. The van der Waals surface area contributed by atoms with Gasteiger partial charge < -0.3 is 9.73 Å². The minimum absolute atomic E-state index is 0.176. The van der Waals surface area contributed by atoms with Crippen LogP contribution in [-0.4, -0.2) is 10.9 Å². The number of halogens is 1. The molecule has 0 atom stereocenters. The maximum atomic E-state index is 12.2. The van der Waals surface area contributed by atoms with Gasteiger partial charge in [0, 0.05) is 21.8 Å². The van der Waals surface area contributed by atoms with Crippen LogP contribution in [0.5, 0.6) is 0 Å². The highest BCUT2D eigenvalue weighted by Gasteiger charge is 2.08. The normalized spacial score (nSPS) is 11.0. The molecule has 1 aromatic heterocycles. The number of amides is 1. The second-order valence-corrected chi connectivity index (χ2v) is 7.74. The Labute approximate surface area is 183 Å². The third-order valence-corrected chi connectivity index (χ3v) is 5.15. The summed E-state index contributed by atoms with van der Waals surface area (Å²) in [4.78, 5) is 16.4. The summed E-state index contributed by atoms with van der Waals surface area (Å²) >= 11 is 3.43. The fraction of sp³-hybridized carbons (Fsp3) is 0.0400. The average Bonchev–Trinajstić information content (AvgIpc) is 3.28. The number of nitrogens with one attached hydrogen (secondary N) is 1. The number of oxazole rings is 1. The number of aryl methyl sites for hydroxylation is 1. The van der Waals surface area contributed by atoms with Gasteiger partial charge in [0.05, 0.1) is 6.20 Å². The molecule has 1 heterocycles. The van der Waals surface area contributed by atoms with Crippen LogP contribution in [0.1, 0.15) is 11.1 Å². The second kappa shape index (κ2) is 8.93. The summed E-state index contributed by atoms with van der Waals surface area (Å²) in [6.45, 7) is 2.07. The van der Waals surface area contributed by atoms with Crippen molar-refractivity contribution in [2.75, 3.05) is 5.32 Å². The van der Waals surface area contributed by atoms with E-state index in [1.165, 1.54) is 6.08 Å². The Hall–Kier alpha value is -3.44. The first-order valence-corrected chi connectivity index (χ1v) is 10.2. The molecule has 1 amide bonds. The van der Waals surface area contributed by atoms with Gasteiger partial charge in [-0.3, -0.25) is 4.79 Å². The average molecular weight is 459 g/mol. The monoisotopic (exact) mass is 458 g/mol. The molecule has 0 spiro atoms. The highest BCUT2D eigenvalue weighted by atomic mass is 79.9. The van der Waals surface area contributed by atoms with E-state index in [1.807, 2.05) is 54.6 Å². The first kappa shape index (κ1) is 19.9. The van der Waals surface area contributed by atoms with Crippen molar-refractivity contribution >= 4 is 33.6 Å². The van der Waals surface area contributed by atoms with Gasteiger partial charge >= 0.3 is 0 Å². The highest BCUT2D eigenvalue weighted by Crippen LogP contribution is 2.29. The van der Waals surface area contributed by atoms with E-state index in [1.54, 1.807) is 18.5 Å². The number of anilines is 1. The molecule has 30 heavy (non-hydrogen) atoms. The number of nitrogens with zero attached hydrogens (tertiary/aromatic N) is 1. The smallest absolute Gasteiger partial charge is 0.248 e. The Bertz CT molecular complexity index is 1200. The predicted molar refractivity (Wildman–Crippen MR) is 124 cm³/mol. The van der Waals surface area contributed by atoms with Crippen LogP contribution in [0.15, 0.2) is 94.2 Å². The molecule has 148 valence electrons. The Morgan fingerprint density at radius 2 is 1.83 bits per heavy atom. The van der Waals surface area contributed by atoms with Gasteiger partial charge in [-0.1, -0.05) is 46.3 Å². The van der Waals surface area contributed by atoms with E-state index in [4.69, 9.17) is 4.42 Å². The summed E-state index contributed by atoms with van der Waals surface area (Å²) < 4.78 is 6.38. The molecule has 0 aliphatic carbocycles. The Balaban J connectivity index is 1.48. The summed E-state index contributed by atoms with van der Waals surface area (Å²) in [5.41, 5.74) is 5.93. The van der Waals surface area contributed by atoms with Crippen molar-refractivity contribution in [2.24, 2.45) is 0 Å². The summed E-state index contributed by atoms with van der Waals surface area (Å²) in [6, 6.07) is 21.7. The van der Waals surface area contributed by atoms with Crippen molar-refractivity contribution in [3.63, 3.8) is 0 Å². The van der Waals surface area contributed by atoms with Crippen LogP contribution < -0.4 is 5.32 Å². The Morgan fingerprint density at radius 1 is 1.03 bits per heavy atom. The molecular formula is C25H19BrN2O2. The maximum Gasteiger partial charge on any atom is 0.248 e. The molecule has 4 rings (SSSR count). The molecular weight excluding hydrogens is 440 g/mol. The van der Waals surface area contributed by atoms with E-state index < -0.39 is 0 Å². The molecule has 4 aromatic rings. The lowest BCUT2D eigenvalue weighted by Gasteiger charge is -2.09. The van der Waals surface area contributed by atoms with E-state index in [-0.39, 0.29) is 5.91 Å². The van der Waals surface area contributed by atoms with Crippen molar-refractivity contribution in [2.45, 2.75) is 6.92 Å². The highest BCUT2D eigenvalue weighted by molar-refractivity contribution is 9.10. The lowest BCUT2D eigenvalue weighted by molar-refractivity contribution is -0.111. The number of carbonyl (C=O) groups excluding carboxylic acids is 1. The van der Waals surface area contributed by atoms with E-state index in [2.05, 4.69) is 45.3 Å². The summed E-state index contributed by atoms with van der Waals surface area (Å²) in [7, 11) is 0. The van der Waals surface area contributed by atoms with Gasteiger partial charge in [0.1, 0.15) is 6.26 Å². The Morgan fingerprint density at radius 3 is 2.57 bits per heavy atom. The number of hydrogen-bond donors (Lipinski definition) is 1. The van der Waals surface area contributed by atoms with E-state index in [9.17, 15) is 4.79 Å². The van der Waals surface area contributed by atoms with Crippen molar-refractivity contribution in [1.29, 1.82) is 0 Å². The van der Waals surface area contributed by atoms with Gasteiger partial charge in [-0.2, -0.15) is 0 Å². The van der Waals surface area contributed by atoms with Crippen LogP contribution in [-0.2, 0) is 4.79 Å². The van der Waals surface area contributed by atoms with Gasteiger partial charge in [0.2, 0.25) is 11.8 Å². The zero-order valence-electron chi connectivity index (χ0n) is 16.3.